The fourth-order valence-electron chi connectivity index (χ4n) is 3.65. The topological polar surface area (TPSA) is 93.4 Å². The van der Waals surface area contributed by atoms with Gasteiger partial charge >= 0.3 is 0 Å². The number of pyridine rings is 2. The molecule has 4 aromatic rings. The summed E-state index contributed by atoms with van der Waals surface area (Å²) in [5.74, 6) is -0.129. The highest BCUT2D eigenvalue weighted by molar-refractivity contribution is 6.00. The van der Waals surface area contributed by atoms with Crippen LogP contribution < -0.4 is 21.2 Å². The summed E-state index contributed by atoms with van der Waals surface area (Å²) < 4.78 is 3.13. The summed E-state index contributed by atoms with van der Waals surface area (Å²) >= 11 is 0. The van der Waals surface area contributed by atoms with Crippen LogP contribution in [0.3, 0.4) is 0 Å². The van der Waals surface area contributed by atoms with E-state index in [1.54, 1.807) is 22.9 Å². The lowest BCUT2D eigenvalue weighted by Crippen LogP contribution is -2.42. The van der Waals surface area contributed by atoms with Gasteiger partial charge in [-0.05, 0) is 37.1 Å². The largest absolute Gasteiger partial charge is 0.345 e. The Kier molecular flexibility index (Phi) is 5.25. The van der Waals surface area contributed by atoms with Crippen molar-refractivity contribution in [2.45, 2.75) is 26.4 Å². The number of aromatic nitrogens is 3. The van der Waals surface area contributed by atoms with Crippen molar-refractivity contribution in [2.24, 2.45) is 0 Å². The number of benzene rings is 1. The van der Waals surface area contributed by atoms with E-state index in [-0.39, 0.29) is 28.9 Å². The number of rotatable bonds is 5. The molecule has 0 aliphatic rings. The zero-order chi connectivity index (χ0) is 22.1. The van der Waals surface area contributed by atoms with Crippen LogP contribution in [0.5, 0.6) is 0 Å². The van der Waals surface area contributed by atoms with Crippen molar-refractivity contribution in [1.29, 1.82) is 0 Å². The summed E-state index contributed by atoms with van der Waals surface area (Å²) in [5.41, 5.74) is 9.17. The Balaban J connectivity index is 1.89. The average molecular weight is 414 g/mol. The summed E-state index contributed by atoms with van der Waals surface area (Å²) in [6.45, 7) is 7.89. The lowest BCUT2D eigenvalue weighted by atomic mass is 10.1. The molecule has 3 N–H and O–H groups in total. The van der Waals surface area contributed by atoms with Gasteiger partial charge in [0, 0.05) is 6.20 Å². The number of fused-ring (bicyclic) bond motifs is 2. The third-order valence-electron chi connectivity index (χ3n) is 5.30. The van der Waals surface area contributed by atoms with E-state index in [0.29, 0.717) is 23.2 Å². The molecule has 0 saturated heterocycles. The molecule has 7 heteroatoms. The Morgan fingerprint density at radius 2 is 2.03 bits per heavy atom. The molecule has 1 amide bonds. The Morgan fingerprint density at radius 1 is 1.29 bits per heavy atom. The number of nitrogens with zero attached hydrogens (tertiary/aromatic N) is 3. The molecule has 0 aliphatic heterocycles. The van der Waals surface area contributed by atoms with Crippen LogP contribution in [0.4, 0.5) is 5.82 Å². The summed E-state index contributed by atoms with van der Waals surface area (Å²) in [4.78, 5) is 31.0. The first kappa shape index (κ1) is 20.3. The maximum atomic E-state index is 13.2. The molecule has 0 spiro atoms. The molecule has 3 aromatic heterocycles. The lowest BCUT2D eigenvalue weighted by molar-refractivity contribution is -0.648. The molecule has 7 nitrogen and oxygen atoms in total. The molecule has 0 radical (unpaired) electrons. The highest BCUT2D eigenvalue weighted by atomic mass is 16.2. The normalized spacial score (nSPS) is 12.1. The van der Waals surface area contributed by atoms with Crippen molar-refractivity contribution in [3.63, 3.8) is 0 Å². The van der Waals surface area contributed by atoms with Gasteiger partial charge in [0.15, 0.2) is 0 Å². The van der Waals surface area contributed by atoms with Crippen LogP contribution in [-0.4, -0.2) is 15.3 Å². The molecule has 1 aromatic carbocycles. The lowest BCUT2D eigenvalue weighted by Gasteiger charge is -2.16. The number of allylic oxidation sites excluding steroid dienone is 1. The van der Waals surface area contributed by atoms with Crippen molar-refractivity contribution < 1.29 is 9.36 Å². The van der Waals surface area contributed by atoms with Gasteiger partial charge in [0.05, 0.1) is 12.6 Å². The van der Waals surface area contributed by atoms with Crippen LogP contribution in [0.1, 0.15) is 34.5 Å². The minimum atomic E-state index is -0.359. The number of hydrogen-bond acceptors (Lipinski definition) is 4. The van der Waals surface area contributed by atoms with E-state index in [2.05, 4.69) is 16.9 Å². The Labute approximate surface area is 179 Å². The maximum Gasteiger partial charge on any atom is 0.278 e. The molecule has 0 unspecified atom stereocenters. The maximum absolute atomic E-state index is 13.2. The van der Waals surface area contributed by atoms with E-state index in [0.717, 1.165) is 11.1 Å². The van der Waals surface area contributed by atoms with Crippen LogP contribution in [0.15, 0.2) is 72.2 Å². The van der Waals surface area contributed by atoms with Gasteiger partial charge in [-0.15, -0.1) is 0 Å². The van der Waals surface area contributed by atoms with E-state index >= 15 is 0 Å². The average Bonchev–Trinajstić information content (AvgIpc) is 2.77. The first-order valence-electron chi connectivity index (χ1n) is 10.0. The molecule has 0 bridgehead atoms. The standard InChI is InChI=1S/C24H23N5O2/c1-4-12-28-21(25)18(23(30)26-16(3)17-8-6-5-7-9-17)13-19-22(28)27-20-11-10-15(2)14-29(20)24(19)31/h4-11,13-14,16,25H,1,12H2,2-3H3,(H,26,30)/p+1/t16-/m1/s1. The van der Waals surface area contributed by atoms with Gasteiger partial charge in [-0.1, -0.05) is 54.0 Å². The predicted octanol–water partition coefficient (Wildman–Crippen LogP) is 2.70. The van der Waals surface area contributed by atoms with Crippen molar-refractivity contribution in [2.75, 3.05) is 5.73 Å². The van der Waals surface area contributed by atoms with Crippen molar-refractivity contribution in [1.82, 2.24) is 14.7 Å². The first-order chi connectivity index (χ1) is 14.9. The molecule has 4 rings (SSSR count). The first-order valence-corrected chi connectivity index (χ1v) is 10.0. The van der Waals surface area contributed by atoms with E-state index in [1.165, 1.54) is 10.5 Å². The molecular formula is C24H24N5O2+. The number of anilines is 1. The van der Waals surface area contributed by atoms with Gasteiger partial charge in [0.2, 0.25) is 11.5 Å². The summed E-state index contributed by atoms with van der Waals surface area (Å²) in [7, 11) is 0. The quantitative estimate of drug-likeness (QED) is 0.298. The number of nitrogens with two attached hydrogens (primary N) is 1. The second kappa shape index (κ2) is 8.02. The highest BCUT2D eigenvalue weighted by Crippen LogP contribution is 2.17. The Bertz CT molecular complexity index is 1380. The van der Waals surface area contributed by atoms with E-state index < -0.39 is 0 Å². The second-order valence-electron chi connectivity index (χ2n) is 7.54. The molecular weight excluding hydrogens is 390 g/mol. The summed E-state index contributed by atoms with van der Waals surface area (Å²) in [6.07, 6.45) is 3.39. The van der Waals surface area contributed by atoms with E-state index in [4.69, 9.17) is 5.73 Å². The molecule has 1 atom stereocenters. The number of carbonyl (C=O) groups is 1. The van der Waals surface area contributed by atoms with Crippen molar-refractivity contribution in [3.8, 4) is 0 Å². The third-order valence-corrected chi connectivity index (χ3v) is 5.30. The van der Waals surface area contributed by atoms with Gasteiger partial charge in [-0.3, -0.25) is 14.0 Å². The van der Waals surface area contributed by atoms with E-state index in [1.807, 2.05) is 50.2 Å². The van der Waals surface area contributed by atoms with Crippen LogP contribution in [0.2, 0.25) is 0 Å². The van der Waals surface area contributed by atoms with Gasteiger partial charge in [-0.25, -0.2) is 4.57 Å². The smallest absolute Gasteiger partial charge is 0.278 e. The fourth-order valence-corrected chi connectivity index (χ4v) is 3.65. The highest BCUT2D eigenvalue weighted by Gasteiger charge is 2.24. The molecule has 0 fully saturated rings. The van der Waals surface area contributed by atoms with Gasteiger partial charge < -0.3 is 11.1 Å². The van der Waals surface area contributed by atoms with Crippen LogP contribution >= 0.6 is 0 Å². The number of amides is 1. The summed E-state index contributed by atoms with van der Waals surface area (Å²) in [6, 6.07) is 14.6. The van der Waals surface area contributed by atoms with Crippen LogP contribution in [0, 0.1) is 6.92 Å². The number of hydrogen-bond donors (Lipinski definition) is 2. The molecule has 0 aliphatic carbocycles. The van der Waals surface area contributed by atoms with Gasteiger partial charge in [0.25, 0.3) is 17.1 Å². The molecule has 156 valence electrons. The van der Waals surface area contributed by atoms with Gasteiger partial charge in [-0.2, -0.15) is 0 Å². The number of nitrogen functional groups attached to an aromatic ring is 1. The number of carbonyl (C=O) groups excluding carboxylic acids is 1. The monoisotopic (exact) mass is 414 g/mol. The number of nitrogens with one attached hydrogen (secondary N) is 1. The van der Waals surface area contributed by atoms with Gasteiger partial charge in [0.1, 0.15) is 10.9 Å². The third kappa shape index (κ3) is 3.66. The zero-order valence-electron chi connectivity index (χ0n) is 17.5. The predicted molar refractivity (Wildman–Crippen MR) is 121 cm³/mol. The zero-order valence-corrected chi connectivity index (χ0v) is 17.5. The SMILES string of the molecule is C=CC[n+]1c(N)c(C(=O)N[C@H](C)c2ccccc2)cc2c(=O)n3cc(C)ccc3nc21. The molecule has 0 saturated carbocycles. The molecule has 31 heavy (non-hydrogen) atoms. The van der Waals surface area contributed by atoms with E-state index in [9.17, 15) is 9.59 Å². The Morgan fingerprint density at radius 3 is 2.74 bits per heavy atom. The van der Waals surface area contributed by atoms with Crippen molar-refractivity contribution >= 4 is 28.4 Å². The minimum absolute atomic E-state index is 0.226. The van der Waals surface area contributed by atoms with Crippen LogP contribution in [-0.2, 0) is 6.54 Å². The minimum Gasteiger partial charge on any atom is -0.345 e. The van der Waals surface area contributed by atoms with Crippen LogP contribution in [0.25, 0.3) is 16.7 Å². The Hall–Kier alpha value is -4.00. The number of aryl methyl sites for hydroxylation is 1. The molecule has 3 heterocycles. The van der Waals surface area contributed by atoms with Crippen molar-refractivity contribution in [3.05, 3.63) is 94.4 Å². The summed E-state index contributed by atoms with van der Waals surface area (Å²) in [5, 5.41) is 3.28. The fraction of sp³-hybridized carbons (Fsp3) is 0.167. The second-order valence-corrected chi connectivity index (χ2v) is 7.54.